The number of esters is 1. The molecule has 6 nitrogen and oxygen atoms in total. The Labute approximate surface area is 118 Å². The number of aliphatic carboxylic acids is 1. The molecule has 0 aromatic rings. The van der Waals surface area contributed by atoms with E-state index in [1.54, 1.807) is 6.92 Å². The Kier molecular flexibility index (Phi) is 4.65. The smallest absolute Gasteiger partial charge is 0.433 e. The molecule has 0 radical (unpaired) electrons. The van der Waals surface area contributed by atoms with Gasteiger partial charge in [0.2, 0.25) is 0 Å². The van der Waals surface area contributed by atoms with Gasteiger partial charge in [-0.3, -0.25) is 9.79 Å². The molecule has 0 saturated heterocycles. The summed E-state index contributed by atoms with van der Waals surface area (Å²) in [6, 6.07) is -0.806. The minimum atomic E-state index is -4.94. The number of methoxy groups -OCH3 is 1. The molecule has 3 N–H and O–H groups in total. The molecule has 0 amide bonds. The van der Waals surface area contributed by atoms with E-state index in [1.807, 2.05) is 0 Å². The van der Waals surface area contributed by atoms with Crippen molar-refractivity contribution in [2.24, 2.45) is 16.1 Å². The monoisotopic (exact) mass is 308 g/mol. The normalized spacial score (nSPS) is 27.0. The SMILES string of the molecule is COC(=O)C1(C)CC(N=C(C(=CN)C(=O)O)C(F)(F)F)C1. The third kappa shape index (κ3) is 3.53. The lowest BCUT2D eigenvalue weighted by molar-refractivity contribution is -0.157. The molecule has 9 heteroatoms. The second kappa shape index (κ2) is 5.74. The largest absolute Gasteiger partial charge is 0.478 e. The topological polar surface area (TPSA) is 102 Å². The molecule has 118 valence electrons. The van der Waals surface area contributed by atoms with Gasteiger partial charge in [-0.15, -0.1) is 0 Å². The summed E-state index contributed by atoms with van der Waals surface area (Å²) < 4.78 is 43.2. The number of aliphatic imine (C=N–C) groups is 1. The maximum atomic E-state index is 12.9. The van der Waals surface area contributed by atoms with Crippen LogP contribution in [0.2, 0.25) is 0 Å². The van der Waals surface area contributed by atoms with Crippen LogP contribution in [0, 0.1) is 5.41 Å². The van der Waals surface area contributed by atoms with Crippen molar-refractivity contribution >= 4 is 17.7 Å². The molecular formula is C12H15F3N2O4. The number of halogens is 3. The first kappa shape index (κ1) is 17.0. The molecule has 0 aromatic carbocycles. The minimum Gasteiger partial charge on any atom is -0.478 e. The molecule has 1 aliphatic rings. The average molecular weight is 308 g/mol. The fourth-order valence-electron chi connectivity index (χ4n) is 2.21. The van der Waals surface area contributed by atoms with Gasteiger partial charge in [0.05, 0.1) is 18.6 Å². The van der Waals surface area contributed by atoms with Gasteiger partial charge in [0.1, 0.15) is 5.57 Å². The van der Waals surface area contributed by atoms with Crippen molar-refractivity contribution in [1.82, 2.24) is 0 Å². The van der Waals surface area contributed by atoms with E-state index >= 15 is 0 Å². The van der Waals surface area contributed by atoms with Gasteiger partial charge in [0, 0.05) is 6.20 Å². The van der Waals surface area contributed by atoms with Crippen molar-refractivity contribution in [1.29, 1.82) is 0 Å². The minimum absolute atomic E-state index is 0.0523. The summed E-state index contributed by atoms with van der Waals surface area (Å²) in [4.78, 5) is 25.6. The van der Waals surface area contributed by atoms with Crippen LogP contribution in [0.4, 0.5) is 13.2 Å². The molecule has 1 rings (SSSR count). The first-order valence-electron chi connectivity index (χ1n) is 5.94. The molecule has 21 heavy (non-hydrogen) atoms. The standard InChI is InChI=1S/C12H15F3N2O4/c1-11(10(20)21-2)3-6(4-11)17-8(12(13,14)15)7(5-16)9(18)19/h5-6H,3-4,16H2,1-2H3,(H,18,19). The van der Waals surface area contributed by atoms with E-state index in [1.165, 1.54) is 7.11 Å². The van der Waals surface area contributed by atoms with Crippen LogP contribution in [0.15, 0.2) is 16.8 Å². The predicted molar refractivity (Wildman–Crippen MR) is 66.5 cm³/mol. The van der Waals surface area contributed by atoms with Gasteiger partial charge in [-0.1, -0.05) is 0 Å². The van der Waals surface area contributed by atoms with Gasteiger partial charge in [-0.25, -0.2) is 4.79 Å². The number of carboxylic acid groups (broad SMARTS) is 1. The number of hydrogen-bond donors (Lipinski definition) is 2. The first-order chi connectivity index (χ1) is 9.55. The summed E-state index contributed by atoms with van der Waals surface area (Å²) in [7, 11) is 1.19. The fourth-order valence-corrected chi connectivity index (χ4v) is 2.21. The molecule has 0 bridgehead atoms. The van der Waals surface area contributed by atoms with E-state index in [2.05, 4.69) is 9.73 Å². The van der Waals surface area contributed by atoms with Crippen molar-refractivity contribution in [2.45, 2.75) is 32.0 Å². The van der Waals surface area contributed by atoms with E-state index in [9.17, 15) is 22.8 Å². The zero-order chi connectivity index (χ0) is 16.4. The molecule has 1 fully saturated rings. The third-order valence-corrected chi connectivity index (χ3v) is 3.28. The number of nitrogens with two attached hydrogens (primary N) is 1. The highest BCUT2D eigenvalue weighted by molar-refractivity contribution is 6.21. The first-order valence-corrected chi connectivity index (χ1v) is 5.94. The van der Waals surface area contributed by atoms with Gasteiger partial charge in [-0.2, -0.15) is 13.2 Å². The predicted octanol–water partition coefficient (Wildman–Crippen LogP) is 1.26. The highest BCUT2D eigenvalue weighted by Crippen LogP contribution is 2.44. The van der Waals surface area contributed by atoms with E-state index in [4.69, 9.17) is 10.8 Å². The van der Waals surface area contributed by atoms with Gasteiger partial charge >= 0.3 is 18.1 Å². The fraction of sp³-hybridized carbons (Fsp3) is 0.583. The van der Waals surface area contributed by atoms with E-state index in [-0.39, 0.29) is 12.8 Å². The molecular weight excluding hydrogens is 293 g/mol. The number of carbonyl (C=O) groups is 2. The third-order valence-electron chi connectivity index (χ3n) is 3.28. The zero-order valence-electron chi connectivity index (χ0n) is 11.4. The Balaban J connectivity index is 2.99. The molecule has 0 heterocycles. The van der Waals surface area contributed by atoms with E-state index in [0.29, 0.717) is 6.20 Å². The summed E-state index contributed by atoms with van der Waals surface area (Å²) in [5.74, 6) is -2.35. The number of rotatable bonds is 4. The van der Waals surface area contributed by atoms with Crippen LogP contribution in [0.1, 0.15) is 19.8 Å². The second-order valence-electron chi connectivity index (χ2n) is 4.98. The quantitative estimate of drug-likeness (QED) is 0.462. The molecule has 0 unspecified atom stereocenters. The Morgan fingerprint density at radius 1 is 1.43 bits per heavy atom. The highest BCUT2D eigenvalue weighted by Gasteiger charge is 2.49. The summed E-state index contributed by atoms with van der Waals surface area (Å²) in [6.45, 7) is 1.55. The molecule has 0 spiro atoms. The van der Waals surface area contributed by atoms with Crippen molar-refractivity contribution in [3.05, 3.63) is 11.8 Å². The number of nitrogens with zero attached hydrogens (tertiary/aromatic N) is 1. The Morgan fingerprint density at radius 3 is 2.29 bits per heavy atom. The summed E-state index contributed by atoms with van der Waals surface area (Å²) in [6.07, 6.45) is -4.48. The van der Waals surface area contributed by atoms with Crippen molar-refractivity contribution in [3.8, 4) is 0 Å². The van der Waals surface area contributed by atoms with Crippen molar-refractivity contribution in [3.63, 3.8) is 0 Å². The van der Waals surface area contributed by atoms with Crippen LogP contribution in [0.25, 0.3) is 0 Å². The van der Waals surface area contributed by atoms with Gasteiger partial charge in [-0.05, 0) is 19.8 Å². The Bertz CT molecular complexity index is 505. The lowest BCUT2D eigenvalue weighted by Gasteiger charge is -2.40. The van der Waals surface area contributed by atoms with E-state index < -0.39 is 40.9 Å². The summed E-state index contributed by atoms with van der Waals surface area (Å²) in [5, 5.41) is 8.74. The van der Waals surface area contributed by atoms with Gasteiger partial charge < -0.3 is 15.6 Å². The van der Waals surface area contributed by atoms with Crippen LogP contribution in [-0.4, -0.2) is 42.1 Å². The maximum absolute atomic E-state index is 12.9. The Morgan fingerprint density at radius 2 is 1.95 bits per heavy atom. The van der Waals surface area contributed by atoms with Crippen LogP contribution < -0.4 is 5.73 Å². The van der Waals surface area contributed by atoms with Crippen molar-refractivity contribution in [2.75, 3.05) is 7.11 Å². The summed E-state index contributed by atoms with van der Waals surface area (Å²) >= 11 is 0. The van der Waals surface area contributed by atoms with Crippen molar-refractivity contribution < 1.29 is 32.6 Å². The van der Waals surface area contributed by atoms with Crippen LogP contribution in [-0.2, 0) is 14.3 Å². The molecule has 0 aliphatic heterocycles. The lowest BCUT2D eigenvalue weighted by Crippen LogP contribution is -2.45. The number of carboxylic acids is 1. The average Bonchev–Trinajstić information content (AvgIpc) is 2.33. The second-order valence-corrected chi connectivity index (χ2v) is 4.98. The zero-order valence-corrected chi connectivity index (χ0v) is 11.4. The molecule has 0 atom stereocenters. The lowest BCUT2D eigenvalue weighted by atomic mass is 9.67. The van der Waals surface area contributed by atoms with Crippen LogP contribution in [0.5, 0.6) is 0 Å². The number of ether oxygens (including phenoxy) is 1. The number of hydrogen-bond acceptors (Lipinski definition) is 5. The number of carbonyl (C=O) groups excluding carboxylic acids is 1. The molecule has 1 aliphatic carbocycles. The van der Waals surface area contributed by atoms with Gasteiger partial charge in [0.25, 0.3) is 0 Å². The summed E-state index contributed by atoms with van der Waals surface area (Å²) in [5.41, 5.74) is 1.37. The van der Waals surface area contributed by atoms with Crippen LogP contribution >= 0.6 is 0 Å². The molecule has 0 aromatic heterocycles. The van der Waals surface area contributed by atoms with E-state index in [0.717, 1.165) is 0 Å². The van der Waals surface area contributed by atoms with Crippen LogP contribution in [0.3, 0.4) is 0 Å². The number of alkyl halides is 3. The molecule has 1 saturated carbocycles. The Hall–Kier alpha value is -2.06. The van der Waals surface area contributed by atoms with Gasteiger partial charge in [0.15, 0.2) is 5.71 Å². The highest BCUT2D eigenvalue weighted by atomic mass is 19.4. The maximum Gasteiger partial charge on any atom is 0.433 e.